The molecule has 0 aliphatic heterocycles. The zero-order valence-electron chi connectivity index (χ0n) is 14.3. The number of hydrogen-bond acceptors (Lipinski definition) is 2. The molecule has 0 aromatic heterocycles. The summed E-state index contributed by atoms with van der Waals surface area (Å²) in [5.41, 5.74) is 2.64. The fourth-order valence-electron chi connectivity index (χ4n) is 3.03. The molecule has 2 nitrogen and oxygen atoms in total. The molecule has 25 heavy (non-hydrogen) atoms. The molecule has 0 saturated heterocycles. The highest BCUT2D eigenvalue weighted by Gasteiger charge is 2.08. The van der Waals surface area contributed by atoms with Crippen molar-refractivity contribution in [3.05, 3.63) is 83.9 Å². The van der Waals surface area contributed by atoms with Crippen LogP contribution < -0.4 is 0 Å². The topological polar surface area (TPSA) is 27.0 Å². The Hall–Kier alpha value is -2.34. The Morgan fingerprint density at radius 1 is 0.760 bits per heavy atom. The Morgan fingerprint density at radius 3 is 2.20 bits per heavy atom. The minimum Gasteiger partial charge on any atom is -0.295 e. The highest BCUT2D eigenvalue weighted by atomic mass is 35.5. The largest absolute Gasteiger partial charge is 0.295 e. The lowest BCUT2D eigenvalue weighted by molar-refractivity contribution is 0.254. The first-order valence-electron chi connectivity index (χ1n) is 8.46. The molecule has 0 aliphatic carbocycles. The molecular formula is C22H23ClN2. The number of nitriles is 1. The second-order valence-electron chi connectivity index (χ2n) is 6.14. The Bertz CT molecular complexity index is 824. The van der Waals surface area contributed by atoms with E-state index < -0.39 is 0 Å². The summed E-state index contributed by atoms with van der Waals surface area (Å²) < 4.78 is 0. The van der Waals surface area contributed by atoms with Crippen molar-refractivity contribution in [3.63, 3.8) is 0 Å². The van der Waals surface area contributed by atoms with Gasteiger partial charge < -0.3 is 0 Å². The molecule has 0 unspecified atom stereocenters. The van der Waals surface area contributed by atoms with Crippen LogP contribution in [0, 0.1) is 11.3 Å². The average molecular weight is 351 g/mol. The lowest BCUT2D eigenvalue weighted by Gasteiger charge is -2.22. The fourth-order valence-corrected chi connectivity index (χ4v) is 3.03. The normalized spacial score (nSPS) is 10.4. The molecule has 3 rings (SSSR count). The van der Waals surface area contributed by atoms with Gasteiger partial charge in [0.25, 0.3) is 0 Å². The number of fused-ring (bicyclic) bond motifs is 1. The number of rotatable bonds is 7. The van der Waals surface area contributed by atoms with E-state index in [-0.39, 0.29) is 12.4 Å². The third-order valence-corrected chi connectivity index (χ3v) is 4.23. The van der Waals surface area contributed by atoms with Gasteiger partial charge in [0.05, 0.1) is 6.07 Å². The van der Waals surface area contributed by atoms with Crippen molar-refractivity contribution >= 4 is 23.2 Å². The molecule has 3 heteroatoms. The fraction of sp³-hybridized carbons (Fsp3) is 0.227. The van der Waals surface area contributed by atoms with Gasteiger partial charge in [-0.1, -0.05) is 66.7 Å². The molecule has 0 fully saturated rings. The van der Waals surface area contributed by atoms with E-state index in [0.29, 0.717) is 6.42 Å². The number of benzene rings is 3. The highest BCUT2D eigenvalue weighted by Crippen LogP contribution is 2.18. The standard InChI is InChI=1S/C22H22N2.ClH/c23-14-6-7-15-24(17-19-8-2-1-3-9-19)18-20-12-13-21-10-4-5-11-22(21)16-20;/h1-5,8-13,16H,6-7,15,17-18H2;1H. The van der Waals surface area contributed by atoms with Crippen molar-refractivity contribution in [2.45, 2.75) is 25.9 Å². The molecule has 0 saturated carbocycles. The van der Waals surface area contributed by atoms with Gasteiger partial charge in [-0.05, 0) is 40.9 Å². The molecule has 3 aromatic carbocycles. The molecule has 0 N–H and O–H groups in total. The minimum absolute atomic E-state index is 0. The van der Waals surface area contributed by atoms with E-state index in [0.717, 1.165) is 26.1 Å². The number of halogens is 1. The summed E-state index contributed by atoms with van der Waals surface area (Å²) >= 11 is 0. The van der Waals surface area contributed by atoms with Crippen LogP contribution in [0.3, 0.4) is 0 Å². The van der Waals surface area contributed by atoms with Crippen LogP contribution in [0.5, 0.6) is 0 Å². The van der Waals surface area contributed by atoms with Gasteiger partial charge in [-0.15, -0.1) is 12.4 Å². The first-order chi connectivity index (χ1) is 11.8. The summed E-state index contributed by atoms with van der Waals surface area (Å²) in [6.45, 7) is 2.76. The molecule has 3 aromatic rings. The molecule has 0 aliphatic rings. The molecule has 0 amide bonds. The van der Waals surface area contributed by atoms with E-state index in [2.05, 4.69) is 77.7 Å². The zero-order valence-corrected chi connectivity index (χ0v) is 15.1. The van der Waals surface area contributed by atoms with Gasteiger partial charge >= 0.3 is 0 Å². The van der Waals surface area contributed by atoms with E-state index >= 15 is 0 Å². The summed E-state index contributed by atoms with van der Waals surface area (Å²) in [6.07, 6.45) is 1.53. The second kappa shape index (κ2) is 9.84. The van der Waals surface area contributed by atoms with Crippen LogP contribution in [0.25, 0.3) is 10.8 Å². The van der Waals surface area contributed by atoms with Crippen LogP contribution in [0.4, 0.5) is 0 Å². The third-order valence-electron chi connectivity index (χ3n) is 4.23. The number of unbranched alkanes of at least 4 members (excludes halogenated alkanes) is 1. The van der Waals surface area contributed by atoms with Crippen molar-refractivity contribution in [1.29, 1.82) is 5.26 Å². The minimum atomic E-state index is 0. The Kier molecular flexibility index (Phi) is 7.47. The summed E-state index contributed by atoms with van der Waals surface area (Å²) in [6, 6.07) is 27.9. The van der Waals surface area contributed by atoms with Gasteiger partial charge in [-0.3, -0.25) is 4.90 Å². The maximum atomic E-state index is 8.81. The quantitative estimate of drug-likeness (QED) is 0.521. The van der Waals surface area contributed by atoms with Crippen LogP contribution in [-0.4, -0.2) is 11.4 Å². The van der Waals surface area contributed by atoms with Crippen LogP contribution in [0.2, 0.25) is 0 Å². The van der Waals surface area contributed by atoms with Crippen molar-refractivity contribution in [1.82, 2.24) is 4.90 Å². The average Bonchev–Trinajstić information content (AvgIpc) is 2.62. The third kappa shape index (κ3) is 5.60. The molecular weight excluding hydrogens is 328 g/mol. The summed E-state index contributed by atoms with van der Waals surface area (Å²) in [7, 11) is 0. The predicted molar refractivity (Wildman–Crippen MR) is 107 cm³/mol. The molecule has 128 valence electrons. The lowest BCUT2D eigenvalue weighted by Crippen LogP contribution is -2.24. The van der Waals surface area contributed by atoms with Gasteiger partial charge in [0, 0.05) is 19.5 Å². The van der Waals surface area contributed by atoms with Crippen LogP contribution in [0.15, 0.2) is 72.8 Å². The van der Waals surface area contributed by atoms with Gasteiger partial charge in [0.1, 0.15) is 0 Å². The lowest BCUT2D eigenvalue weighted by atomic mass is 10.1. The summed E-state index contributed by atoms with van der Waals surface area (Å²) in [4.78, 5) is 2.43. The smallest absolute Gasteiger partial charge is 0.0622 e. The zero-order chi connectivity index (χ0) is 16.6. The first kappa shape index (κ1) is 19.0. The number of hydrogen-bond donors (Lipinski definition) is 0. The van der Waals surface area contributed by atoms with Gasteiger partial charge in [0.2, 0.25) is 0 Å². The van der Waals surface area contributed by atoms with Crippen LogP contribution in [-0.2, 0) is 13.1 Å². The molecule has 0 heterocycles. The molecule has 0 atom stereocenters. The van der Waals surface area contributed by atoms with E-state index in [9.17, 15) is 0 Å². The van der Waals surface area contributed by atoms with Crippen LogP contribution >= 0.6 is 12.4 Å². The van der Waals surface area contributed by atoms with Crippen LogP contribution in [0.1, 0.15) is 24.0 Å². The van der Waals surface area contributed by atoms with Gasteiger partial charge in [-0.2, -0.15) is 5.26 Å². The monoisotopic (exact) mass is 350 g/mol. The maximum absolute atomic E-state index is 8.81. The summed E-state index contributed by atoms with van der Waals surface area (Å²) in [5.74, 6) is 0. The van der Waals surface area contributed by atoms with Gasteiger partial charge in [-0.25, -0.2) is 0 Å². The Morgan fingerprint density at radius 2 is 1.44 bits per heavy atom. The summed E-state index contributed by atoms with van der Waals surface area (Å²) in [5, 5.41) is 11.4. The van der Waals surface area contributed by atoms with E-state index in [1.54, 1.807) is 0 Å². The number of nitrogens with zero attached hydrogens (tertiary/aromatic N) is 2. The van der Waals surface area contributed by atoms with Crippen molar-refractivity contribution < 1.29 is 0 Å². The SMILES string of the molecule is Cl.N#CCCCN(Cc1ccccc1)Cc1ccc2ccccc2c1. The van der Waals surface area contributed by atoms with E-state index in [1.807, 2.05) is 6.07 Å². The van der Waals surface area contributed by atoms with E-state index in [4.69, 9.17) is 5.26 Å². The second-order valence-corrected chi connectivity index (χ2v) is 6.14. The van der Waals surface area contributed by atoms with Crippen molar-refractivity contribution in [3.8, 4) is 6.07 Å². The molecule has 0 bridgehead atoms. The Labute approximate surface area is 156 Å². The predicted octanol–water partition coefficient (Wildman–Crippen LogP) is 5.57. The molecule has 0 radical (unpaired) electrons. The van der Waals surface area contributed by atoms with Crippen molar-refractivity contribution in [2.24, 2.45) is 0 Å². The highest BCUT2D eigenvalue weighted by molar-refractivity contribution is 5.85. The Balaban J connectivity index is 0.00000225. The maximum Gasteiger partial charge on any atom is 0.0622 e. The van der Waals surface area contributed by atoms with Crippen molar-refractivity contribution in [2.75, 3.05) is 6.54 Å². The van der Waals surface area contributed by atoms with Gasteiger partial charge in [0.15, 0.2) is 0 Å². The van der Waals surface area contributed by atoms with E-state index in [1.165, 1.54) is 21.9 Å². The molecule has 0 spiro atoms. The first-order valence-corrected chi connectivity index (χ1v) is 8.46.